The molecule has 0 spiro atoms. The van der Waals surface area contributed by atoms with Gasteiger partial charge in [-0.05, 0) is 34.5 Å². The Morgan fingerprint density at radius 2 is 2.33 bits per heavy atom. The molecule has 15 heavy (non-hydrogen) atoms. The summed E-state index contributed by atoms with van der Waals surface area (Å²) in [7, 11) is 0. The van der Waals surface area contributed by atoms with Gasteiger partial charge < -0.3 is 10.1 Å². The van der Waals surface area contributed by atoms with Crippen molar-refractivity contribution in [2.24, 2.45) is 0 Å². The Balaban J connectivity index is 2.04. The molecule has 1 N–H and O–H groups in total. The second kappa shape index (κ2) is 3.43. The molecule has 2 atom stereocenters. The van der Waals surface area contributed by atoms with Crippen molar-refractivity contribution in [1.82, 2.24) is 5.32 Å². The molecule has 1 aromatic heterocycles. The molecular weight excluding hydrogens is 206 g/mol. The lowest BCUT2D eigenvalue weighted by Crippen LogP contribution is -2.09. The topological polar surface area (TPSA) is 39.0 Å². The number of carbonyl (C=O) groups is 1. The van der Waals surface area contributed by atoms with E-state index in [1.54, 1.807) is 11.3 Å². The molecule has 2 heterocycles. The summed E-state index contributed by atoms with van der Waals surface area (Å²) in [6, 6.07) is 8.77. The summed E-state index contributed by atoms with van der Waals surface area (Å²) < 4.78 is 1.28. The number of hydrogen-bond donors (Lipinski definition) is 1. The highest BCUT2D eigenvalue weighted by Gasteiger charge is 2.31. The number of fused-ring (bicyclic) bond motifs is 1. The van der Waals surface area contributed by atoms with E-state index >= 15 is 0 Å². The van der Waals surface area contributed by atoms with E-state index in [9.17, 15) is 4.79 Å². The molecule has 0 radical (unpaired) electrons. The Morgan fingerprint density at radius 1 is 1.47 bits per heavy atom. The first kappa shape index (κ1) is 9.07. The van der Waals surface area contributed by atoms with E-state index in [0.717, 1.165) is 18.4 Å². The number of rotatable bonds is 3. The maximum Gasteiger partial charge on any atom is 0.129 e. The second-order valence-electron chi connectivity index (χ2n) is 3.89. The summed E-state index contributed by atoms with van der Waals surface area (Å²) in [4.78, 5) is 11.0. The Morgan fingerprint density at radius 3 is 3.07 bits per heavy atom. The van der Waals surface area contributed by atoms with Gasteiger partial charge in [-0.15, -0.1) is 11.3 Å². The third-order valence-electron chi connectivity index (χ3n) is 2.88. The van der Waals surface area contributed by atoms with E-state index in [4.69, 9.17) is 0 Å². The largest absolute Gasteiger partial charge is 0.310 e. The van der Waals surface area contributed by atoms with Gasteiger partial charge >= 0.3 is 0 Å². The molecule has 3 heteroatoms. The van der Waals surface area contributed by atoms with Gasteiger partial charge in [0.1, 0.15) is 6.29 Å². The molecule has 0 bridgehead atoms. The standard InChI is InChI=1S/C12H11NOS/c14-7-10(11-6-13-11)8-1-2-12-9(5-8)3-4-15-12/h1-5,7,10-11,13H,6H2. The first-order chi connectivity index (χ1) is 7.38. The number of carbonyl (C=O) groups excluding carboxylic acids is 1. The van der Waals surface area contributed by atoms with Crippen molar-refractivity contribution in [3.8, 4) is 0 Å². The Labute approximate surface area is 91.9 Å². The Bertz CT molecular complexity index is 501. The van der Waals surface area contributed by atoms with Gasteiger partial charge in [0.2, 0.25) is 0 Å². The number of thiophene rings is 1. The zero-order chi connectivity index (χ0) is 10.3. The van der Waals surface area contributed by atoms with E-state index in [1.807, 2.05) is 0 Å². The molecule has 1 aliphatic heterocycles. The number of aldehydes is 1. The van der Waals surface area contributed by atoms with Crippen LogP contribution in [0.4, 0.5) is 0 Å². The van der Waals surface area contributed by atoms with E-state index in [-0.39, 0.29) is 5.92 Å². The van der Waals surface area contributed by atoms with E-state index in [1.165, 1.54) is 10.1 Å². The van der Waals surface area contributed by atoms with Crippen LogP contribution in [0.5, 0.6) is 0 Å². The van der Waals surface area contributed by atoms with Crippen molar-refractivity contribution in [3.05, 3.63) is 35.2 Å². The molecule has 3 rings (SSSR count). The average Bonchev–Trinajstić information content (AvgIpc) is 2.97. The molecule has 0 saturated carbocycles. The van der Waals surface area contributed by atoms with Crippen molar-refractivity contribution in [1.29, 1.82) is 0 Å². The molecule has 1 saturated heterocycles. The molecule has 0 aliphatic carbocycles. The maximum absolute atomic E-state index is 11.0. The highest BCUT2D eigenvalue weighted by atomic mass is 32.1. The van der Waals surface area contributed by atoms with Gasteiger partial charge in [-0.3, -0.25) is 0 Å². The van der Waals surface area contributed by atoms with Crippen LogP contribution in [0.3, 0.4) is 0 Å². The number of hydrogen-bond acceptors (Lipinski definition) is 3. The Kier molecular flexibility index (Phi) is 2.08. The molecule has 2 aromatic rings. The minimum Gasteiger partial charge on any atom is -0.310 e. The fraction of sp³-hybridized carbons (Fsp3) is 0.250. The van der Waals surface area contributed by atoms with Gasteiger partial charge in [0.05, 0.1) is 5.92 Å². The van der Waals surface area contributed by atoms with Gasteiger partial charge in [0.25, 0.3) is 0 Å². The summed E-state index contributed by atoms with van der Waals surface area (Å²) in [5.41, 5.74) is 1.13. The van der Waals surface area contributed by atoms with Crippen LogP contribution in [0.15, 0.2) is 29.6 Å². The van der Waals surface area contributed by atoms with Crippen LogP contribution in [-0.4, -0.2) is 18.9 Å². The summed E-state index contributed by atoms with van der Waals surface area (Å²) in [5, 5.41) is 6.52. The quantitative estimate of drug-likeness (QED) is 0.632. The third-order valence-corrected chi connectivity index (χ3v) is 3.78. The van der Waals surface area contributed by atoms with Crippen LogP contribution in [0, 0.1) is 0 Å². The predicted octanol–water partition coefficient (Wildman–Crippen LogP) is 2.16. The summed E-state index contributed by atoms with van der Waals surface area (Å²) >= 11 is 1.74. The zero-order valence-electron chi connectivity index (χ0n) is 8.14. The van der Waals surface area contributed by atoms with Crippen molar-refractivity contribution in [2.45, 2.75) is 12.0 Å². The van der Waals surface area contributed by atoms with Gasteiger partial charge in [0, 0.05) is 17.3 Å². The summed E-state index contributed by atoms with van der Waals surface area (Å²) in [6.45, 7) is 0.963. The van der Waals surface area contributed by atoms with Crippen LogP contribution < -0.4 is 5.32 Å². The summed E-state index contributed by atoms with van der Waals surface area (Å²) in [6.07, 6.45) is 1.05. The van der Waals surface area contributed by atoms with E-state index < -0.39 is 0 Å². The third kappa shape index (κ3) is 1.58. The second-order valence-corrected chi connectivity index (χ2v) is 4.84. The first-order valence-corrected chi connectivity index (χ1v) is 5.92. The fourth-order valence-electron chi connectivity index (χ4n) is 1.92. The van der Waals surface area contributed by atoms with Crippen molar-refractivity contribution in [3.63, 3.8) is 0 Å². The van der Waals surface area contributed by atoms with Crippen LogP contribution in [0.1, 0.15) is 11.5 Å². The van der Waals surface area contributed by atoms with Crippen LogP contribution in [0.2, 0.25) is 0 Å². The van der Waals surface area contributed by atoms with E-state index in [2.05, 4.69) is 35.0 Å². The molecule has 1 fully saturated rings. The van der Waals surface area contributed by atoms with Gasteiger partial charge in [0.15, 0.2) is 0 Å². The highest BCUT2D eigenvalue weighted by Crippen LogP contribution is 2.28. The molecular formula is C12H11NOS. The SMILES string of the molecule is O=CC(c1ccc2sccc2c1)C1CN1. The van der Waals surface area contributed by atoms with Crippen molar-refractivity contribution in [2.75, 3.05) is 6.54 Å². The molecule has 0 amide bonds. The Hall–Kier alpha value is -1.19. The fourth-order valence-corrected chi connectivity index (χ4v) is 2.69. The van der Waals surface area contributed by atoms with Crippen LogP contribution in [0.25, 0.3) is 10.1 Å². The molecule has 1 aromatic carbocycles. The van der Waals surface area contributed by atoms with Gasteiger partial charge in [-0.25, -0.2) is 0 Å². The normalized spacial score (nSPS) is 21.5. The number of benzene rings is 1. The maximum atomic E-state index is 11.0. The minimum atomic E-state index is 0.0225. The monoisotopic (exact) mass is 217 g/mol. The van der Waals surface area contributed by atoms with Crippen LogP contribution >= 0.6 is 11.3 Å². The summed E-state index contributed by atoms with van der Waals surface area (Å²) in [5.74, 6) is 0.0225. The molecule has 2 nitrogen and oxygen atoms in total. The molecule has 2 unspecified atom stereocenters. The lowest BCUT2D eigenvalue weighted by molar-refractivity contribution is -0.109. The van der Waals surface area contributed by atoms with Gasteiger partial charge in [-0.1, -0.05) is 6.07 Å². The predicted molar refractivity (Wildman–Crippen MR) is 62.4 cm³/mol. The zero-order valence-corrected chi connectivity index (χ0v) is 8.96. The lowest BCUT2D eigenvalue weighted by atomic mass is 9.96. The molecule has 1 aliphatic rings. The first-order valence-electron chi connectivity index (χ1n) is 5.04. The van der Waals surface area contributed by atoms with Gasteiger partial charge in [-0.2, -0.15) is 0 Å². The average molecular weight is 217 g/mol. The van der Waals surface area contributed by atoms with Crippen molar-refractivity contribution < 1.29 is 4.79 Å². The lowest BCUT2D eigenvalue weighted by Gasteiger charge is -2.07. The molecule has 76 valence electrons. The van der Waals surface area contributed by atoms with Crippen LogP contribution in [-0.2, 0) is 4.79 Å². The van der Waals surface area contributed by atoms with E-state index in [0.29, 0.717) is 6.04 Å². The smallest absolute Gasteiger partial charge is 0.129 e. The van der Waals surface area contributed by atoms with Crippen molar-refractivity contribution >= 4 is 27.7 Å². The highest BCUT2D eigenvalue weighted by molar-refractivity contribution is 7.17. The number of nitrogens with one attached hydrogen (secondary N) is 1. The minimum absolute atomic E-state index is 0.0225.